The lowest BCUT2D eigenvalue weighted by Gasteiger charge is -2.24. The van der Waals surface area contributed by atoms with Gasteiger partial charge >= 0.3 is 5.97 Å². The van der Waals surface area contributed by atoms with Crippen LogP contribution >= 0.6 is 0 Å². The molecule has 1 aromatic rings. The largest absolute Gasteiger partial charge is 0.480 e. The van der Waals surface area contributed by atoms with Gasteiger partial charge in [-0.15, -0.1) is 0 Å². The van der Waals surface area contributed by atoms with E-state index in [1.165, 1.54) is 0 Å². The molecule has 0 bridgehead atoms. The van der Waals surface area contributed by atoms with Crippen LogP contribution in [-0.4, -0.2) is 24.2 Å². The Morgan fingerprint density at radius 3 is 2.26 bits per heavy atom. The highest BCUT2D eigenvalue weighted by molar-refractivity contribution is 7.93. The second-order valence-corrected chi connectivity index (χ2v) is 6.81. The quantitative estimate of drug-likeness (QED) is 0.866. The predicted molar refractivity (Wildman–Crippen MR) is 62.4 cm³/mol. The highest BCUT2D eigenvalue weighted by Crippen LogP contribution is 2.41. The first-order chi connectivity index (χ1) is 8.81. The zero-order valence-corrected chi connectivity index (χ0v) is 10.7. The number of aliphatic carboxylic acids is 1. The SMILES string of the molecule is O=C(O)C1(S(=O)(=O)c2ccc(F)cc2F)CCCC1. The smallest absolute Gasteiger partial charge is 0.325 e. The first-order valence-corrected chi connectivity index (χ1v) is 7.23. The normalized spacial score (nSPS) is 18.4. The summed E-state index contributed by atoms with van der Waals surface area (Å²) in [6.07, 6.45) is 0.797. The molecule has 0 saturated heterocycles. The molecular formula is C12H12F2O4S. The number of carboxylic acid groups (broad SMARTS) is 1. The van der Waals surface area contributed by atoms with Crippen molar-refractivity contribution in [1.29, 1.82) is 0 Å². The van der Waals surface area contributed by atoms with Crippen LogP contribution in [0.1, 0.15) is 25.7 Å². The molecule has 0 spiro atoms. The first-order valence-electron chi connectivity index (χ1n) is 5.74. The number of sulfone groups is 1. The van der Waals surface area contributed by atoms with Crippen LogP contribution < -0.4 is 0 Å². The number of benzene rings is 1. The molecule has 104 valence electrons. The summed E-state index contributed by atoms with van der Waals surface area (Å²) in [5.41, 5.74) is 0. The van der Waals surface area contributed by atoms with Crippen LogP contribution in [-0.2, 0) is 14.6 Å². The molecule has 1 aliphatic carbocycles. The standard InChI is InChI=1S/C12H12F2O4S/c13-8-3-4-10(9(14)7-8)19(17,18)12(11(15)16)5-1-2-6-12/h3-4,7H,1-2,5-6H2,(H,15,16). The summed E-state index contributed by atoms with van der Waals surface area (Å²) in [5.74, 6) is -3.64. The van der Waals surface area contributed by atoms with E-state index in [-0.39, 0.29) is 12.8 Å². The van der Waals surface area contributed by atoms with Crippen LogP contribution in [0.2, 0.25) is 0 Å². The summed E-state index contributed by atoms with van der Waals surface area (Å²) < 4.78 is 49.2. The molecule has 0 radical (unpaired) electrons. The highest BCUT2D eigenvalue weighted by Gasteiger charge is 2.54. The minimum absolute atomic E-state index is 0.0541. The maximum Gasteiger partial charge on any atom is 0.325 e. The van der Waals surface area contributed by atoms with Crippen molar-refractivity contribution in [2.45, 2.75) is 35.3 Å². The summed E-state index contributed by atoms with van der Waals surface area (Å²) in [5, 5.41) is 9.23. The zero-order valence-electron chi connectivity index (χ0n) is 9.90. The van der Waals surface area contributed by atoms with Crippen molar-refractivity contribution in [3.8, 4) is 0 Å². The van der Waals surface area contributed by atoms with Gasteiger partial charge in [0.2, 0.25) is 0 Å². The minimum Gasteiger partial charge on any atom is -0.480 e. The monoisotopic (exact) mass is 290 g/mol. The Bertz CT molecular complexity index is 619. The van der Waals surface area contributed by atoms with Crippen LogP contribution in [0, 0.1) is 11.6 Å². The molecule has 4 nitrogen and oxygen atoms in total. The molecule has 19 heavy (non-hydrogen) atoms. The highest BCUT2D eigenvalue weighted by atomic mass is 32.2. The number of hydrogen-bond acceptors (Lipinski definition) is 3. The summed E-state index contributed by atoms with van der Waals surface area (Å²) >= 11 is 0. The maximum absolute atomic E-state index is 13.6. The van der Waals surface area contributed by atoms with Crippen LogP contribution in [0.3, 0.4) is 0 Å². The Labute approximate surface area is 109 Å². The Balaban J connectivity index is 2.61. The van der Waals surface area contributed by atoms with Gasteiger partial charge in [0.05, 0.1) is 0 Å². The van der Waals surface area contributed by atoms with Crippen molar-refractivity contribution in [3.05, 3.63) is 29.8 Å². The fourth-order valence-corrected chi connectivity index (χ4v) is 4.49. The molecule has 2 rings (SSSR count). The van der Waals surface area contributed by atoms with Gasteiger partial charge in [-0.2, -0.15) is 0 Å². The van der Waals surface area contributed by atoms with Gasteiger partial charge in [-0.1, -0.05) is 12.8 Å². The molecule has 0 amide bonds. The molecule has 1 aromatic carbocycles. The van der Waals surface area contributed by atoms with Crippen LogP contribution in [0.25, 0.3) is 0 Å². The summed E-state index contributed by atoms with van der Waals surface area (Å²) in [4.78, 5) is 10.6. The summed E-state index contributed by atoms with van der Waals surface area (Å²) in [7, 11) is -4.39. The lowest BCUT2D eigenvalue weighted by molar-refractivity contribution is -0.139. The van der Waals surface area contributed by atoms with Crippen molar-refractivity contribution in [2.24, 2.45) is 0 Å². The third-order valence-electron chi connectivity index (χ3n) is 3.50. The van der Waals surface area contributed by atoms with E-state index in [1.54, 1.807) is 0 Å². The van der Waals surface area contributed by atoms with Gasteiger partial charge in [0.1, 0.15) is 16.5 Å². The molecule has 0 heterocycles. The number of hydrogen-bond donors (Lipinski definition) is 1. The van der Waals surface area contributed by atoms with Gasteiger partial charge in [0.15, 0.2) is 14.6 Å². The van der Waals surface area contributed by atoms with E-state index in [1.807, 2.05) is 0 Å². The molecule has 0 aromatic heterocycles. The second kappa shape index (κ2) is 4.56. The van der Waals surface area contributed by atoms with Gasteiger partial charge in [-0.25, -0.2) is 17.2 Å². The first kappa shape index (κ1) is 13.9. The molecule has 0 atom stereocenters. The Morgan fingerprint density at radius 1 is 1.21 bits per heavy atom. The van der Waals surface area contributed by atoms with E-state index in [4.69, 9.17) is 0 Å². The molecular weight excluding hydrogens is 278 g/mol. The number of rotatable bonds is 3. The fraction of sp³-hybridized carbons (Fsp3) is 0.417. The van der Waals surface area contributed by atoms with Crippen molar-refractivity contribution in [3.63, 3.8) is 0 Å². The van der Waals surface area contributed by atoms with Crippen molar-refractivity contribution >= 4 is 15.8 Å². The maximum atomic E-state index is 13.6. The molecule has 7 heteroatoms. The van der Waals surface area contributed by atoms with E-state index in [0.29, 0.717) is 18.9 Å². The zero-order chi connectivity index (χ0) is 14.3. The molecule has 0 unspecified atom stereocenters. The number of carboxylic acids is 1. The molecule has 1 N–H and O–H groups in total. The van der Waals surface area contributed by atoms with E-state index in [2.05, 4.69) is 0 Å². The average Bonchev–Trinajstić information content (AvgIpc) is 2.78. The average molecular weight is 290 g/mol. The molecule has 1 saturated carbocycles. The van der Waals surface area contributed by atoms with E-state index < -0.39 is 37.1 Å². The van der Waals surface area contributed by atoms with E-state index >= 15 is 0 Å². The van der Waals surface area contributed by atoms with Crippen molar-refractivity contribution < 1.29 is 27.1 Å². The van der Waals surface area contributed by atoms with Crippen LogP contribution in [0.15, 0.2) is 23.1 Å². The van der Waals surface area contributed by atoms with E-state index in [0.717, 1.165) is 12.1 Å². The number of carbonyl (C=O) groups is 1. The minimum atomic E-state index is -4.39. The predicted octanol–water partition coefficient (Wildman–Crippen LogP) is 2.14. The molecule has 1 fully saturated rings. The Morgan fingerprint density at radius 2 is 1.79 bits per heavy atom. The van der Waals surface area contributed by atoms with Crippen LogP contribution in [0.5, 0.6) is 0 Å². The molecule has 0 aliphatic heterocycles. The lowest BCUT2D eigenvalue weighted by Crippen LogP contribution is -2.44. The topological polar surface area (TPSA) is 71.4 Å². The van der Waals surface area contributed by atoms with Gasteiger partial charge in [0.25, 0.3) is 0 Å². The third kappa shape index (κ3) is 2.01. The van der Waals surface area contributed by atoms with Crippen LogP contribution in [0.4, 0.5) is 8.78 Å². The second-order valence-electron chi connectivity index (χ2n) is 4.58. The number of halogens is 2. The fourth-order valence-electron chi connectivity index (χ4n) is 2.45. The Kier molecular flexibility index (Phi) is 3.34. The Hall–Kier alpha value is -1.50. The third-order valence-corrected chi connectivity index (χ3v) is 6.02. The van der Waals surface area contributed by atoms with Crippen molar-refractivity contribution in [2.75, 3.05) is 0 Å². The molecule has 1 aliphatic rings. The van der Waals surface area contributed by atoms with Crippen molar-refractivity contribution in [1.82, 2.24) is 0 Å². The summed E-state index contributed by atoms with van der Waals surface area (Å²) in [6, 6.07) is 2.03. The van der Waals surface area contributed by atoms with Gasteiger partial charge in [-0.3, -0.25) is 4.79 Å². The summed E-state index contributed by atoms with van der Waals surface area (Å²) in [6.45, 7) is 0. The van der Waals surface area contributed by atoms with Gasteiger partial charge < -0.3 is 5.11 Å². The van der Waals surface area contributed by atoms with Gasteiger partial charge in [0, 0.05) is 6.07 Å². The van der Waals surface area contributed by atoms with E-state index in [9.17, 15) is 27.1 Å². The van der Waals surface area contributed by atoms with Gasteiger partial charge in [-0.05, 0) is 25.0 Å². The lowest BCUT2D eigenvalue weighted by atomic mass is 10.1.